The van der Waals surface area contributed by atoms with Gasteiger partial charge in [0.05, 0.1) is 0 Å². The fourth-order valence-corrected chi connectivity index (χ4v) is 1.42. The molecule has 0 aromatic carbocycles. The Labute approximate surface area is 79.3 Å². The van der Waals surface area contributed by atoms with Crippen molar-refractivity contribution in [3.63, 3.8) is 0 Å². The van der Waals surface area contributed by atoms with Crippen LogP contribution in [0.1, 0.15) is 26.2 Å². The van der Waals surface area contributed by atoms with E-state index in [1.165, 1.54) is 0 Å². The third-order valence-electron chi connectivity index (χ3n) is 2.36. The van der Waals surface area contributed by atoms with Crippen LogP contribution in [0.2, 0.25) is 0 Å². The van der Waals surface area contributed by atoms with Crippen LogP contribution in [-0.2, 0) is 9.53 Å². The van der Waals surface area contributed by atoms with E-state index in [0.29, 0.717) is 0 Å². The molecule has 2 heteroatoms. The second kappa shape index (κ2) is 4.38. The molecule has 0 aliphatic heterocycles. The minimum atomic E-state index is -0.329. The molecule has 0 amide bonds. The predicted octanol–water partition coefficient (Wildman–Crippen LogP) is 2.26. The number of hydrogen-bond donors (Lipinski definition) is 0. The van der Waals surface area contributed by atoms with Crippen molar-refractivity contribution in [1.29, 1.82) is 0 Å². The van der Waals surface area contributed by atoms with Gasteiger partial charge in [-0.1, -0.05) is 19.8 Å². The Morgan fingerprint density at radius 3 is 2.46 bits per heavy atom. The maximum Gasteiger partial charge on any atom is 0.178 e. The van der Waals surface area contributed by atoms with Crippen molar-refractivity contribution in [1.82, 2.24) is 0 Å². The number of methoxy groups -OCH3 is 1. The molecule has 1 aliphatic carbocycles. The summed E-state index contributed by atoms with van der Waals surface area (Å²) in [5, 5.41) is 0. The fraction of sp³-hybridized carbons (Fsp3) is 0.545. The van der Waals surface area contributed by atoms with Crippen molar-refractivity contribution >= 4 is 5.78 Å². The zero-order valence-corrected chi connectivity index (χ0v) is 8.25. The van der Waals surface area contributed by atoms with Crippen LogP contribution < -0.4 is 0 Å². The smallest absolute Gasteiger partial charge is 0.178 e. The molecule has 0 bridgehead atoms. The minimum Gasteiger partial charge on any atom is -0.370 e. The second-order valence-electron chi connectivity index (χ2n) is 3.33. The van der Waals surface area contributed by atoms with E-state index in [0.717, 1.165) is 19.3 Å². The standard InChI is InChI=1S/C11H16O2/c1-3-4-7-11(13-2)8-5-10(12)6-9-11/h5-6,8-9H,3-4,7H2,1-2H3. The molecule has 0 spiro atoms. The Morgan fingerprint density at radius 2 is 2.00 bits per heavy atom. The first-order valence-electron chi connectivity index (χ1n) is 4.70. The lowest BCUT2D eigenvalue weighted by Crippen LogP contribution is -2.28. The van der Waals surface area contributed by atoms with Crippen molar-refractivity contribution in [2.75, 3.05) is 7.11 Å². The van der Waals surface area contributed by atoms with Crippen molar-refractivity contribution in [2.45, 2.75) is 31.8 Å². The highest BCUT2D eigenvalue weighted by atomic mass is 16.5. The van der Waals surface area contributed by atoms with Crippen LogP contribution >= 0.6 is 0 Å². The molecular formula is C11H16O2. The molecule has 72 valence electrons. The van der Waals surface area contributed by atoms with Gasteiger partial charge in [-0.15, -0.1) is 0 Å². The number of hydrogen-bond acceptors (Lipinski definition) is 2. The van der Waals surface area contributed by atoms with E-state index in [2.05, 4.69) is 6.92 Å². The van der Waals surface area contributed by atoms with Gasteiger partial charge in [-0.05, 0) is 30.7 Å². The van der Waals surface area contributed by atoms with Crippen LogP contribution in [0.25, 0.3) is 0 Å². The van der Waals surface area contributed by atoms with Gasteiger partial charge in [-0.3, -0.25) is 4.79 Å². The summed E-state index contributed by atoms with van der Waals surface area (Å²) in [6.07, 6.45) is 10.1. The zero-order chi connectivity index (χ0) is 9.73. The monoisotopic (exact) mass is 180 g/mol. The Hall–Kier alpha value is -0.890. The number of rotatable bonds is 4. The van der Waals surface area contributed by atoms with Gasteiger partial charge in [0.2, 0.25) is 0 Å². The average molecular weight is 180 g/mol. The fourth-order valence-electron chi connectivity index (χ4n) is 1.42. The second-order valence-corrected chi connectivity index (χ2v) is 3.33. The van der Waals surface area contributed by atoms with Crippen molar-refractivity contribution in [3.05, 3.63) is 24.3 Å². The molecule has 0 aromatic rings. The first-order valence-corrected chi connectivity index (χ1v) is 4.70. The normalized spacial score (nSPS) is 19.4. The lowest BCUT2D eigenvalue weighted by atomic mass is 9.91. The summed E-state index contributed by atoms with van der Waals surface area (Å²) >= 11 is 0. The molecule has 0 fully saturated rings. The van der Waals surface area contributed by atoms with Crippen molar-refractivity contribution in [2.24, 2.45) is 0 Å². The van der Waals surface area contributed by atoms with Gasteiger partial charge in [0.25, 0.3) is 0 Å². The van der Waals surface area contributed by atoms with Crippen molar-refractivity contribution in [3.8, 4) is 0 Å². The highest BCUT2D eigenvalue weighted by Crippen LogP contribution is 2.24. The molecule has 0 unspecified atom stereocenters. The van der Waals surface area contributed by atoms with Crippen molar-refractivity contribution < 1.29 is 9.53 Å². The van der Waals surface area contributed by atoms with E-state index in [1.54, 1.807) is 19.3 Å². The molecule has 0 saturated carbocycles. The minimum absolute atomic E-state index is 0.0455. The number of carbonyl (C=O) groups excluding carboxylic acids is 1. The SMILES string of the molecule is CCCCC1(OC)C=CC(=O)C=C1. The largest absolute Gasteiger partial charge is 0.370 e. The van der Waals surface area contributed by atoms with Gasteiger partial charge in [0, 0.05) is 7.11 Å². The lowest BCUT2D eigenvalue weighted by Gasteiger charge is -2.27. The van der Waals surface area contributed by atoms with E-state index < -0.39 is 0 Å². The first kappa shape index (κ1) is 10.2. The number of ether oxygens (including phenoxy) is 1. The summed E-state index contributed by atoms with van der Waals surface area (Å²) in [6, 6.07) is 0. The third-order valence-corrected chi connectivity index (χ3v) is 2.36. The molecular weight excluding hydrogens is 164 g/mol. The van der Waals surface area contributed by atoms with Crippen LogP contribution in [0, 0.1) is 0 Å². The maximum absolute atomic E-state index is 10.9. The predicted molar refractivity (Wildman–Crippen MR) is 52.6 cm³/mol. The summed E-state index contributed by atoms with van der Waals surface area (Å²) in [6.45, 7) is 2.14. The molecule has 0 radical (unpaired) electrons. The highest BCUT2D eigenvalue weighted by Gasteiger charge is 2.24. The van der Waals surface area contributed by atoms with Gasteiger partial charge >= 0.3 is 0 Å². The van der Waals surface area contributed by atoms with E-state index in [1.807, 2.05) is 12.2 Å². The van der Waals surface area contributed by atoms with E-state index >= 15 is 0 Å². The molecule has 0 saturated heterocycles. The van der Waals surface area contributed by atoms with E-state index in [4.69, 9.17) is 4.74 Å². The molecule has 0 heterocycles. The zero-order valence-electron chi connectivity index (χ0n) is 8.25. The van der Waals surface area contributed by atoms with Gasteiger partial charge in [-0.2, -0.15) is 0 Å². The topological polar surface area (TPSA) is 26.3 Å². The molecule has 13 heavy (non-hydrogen) atoms. The number of ketones is 1. The third kappa shape index (κ3) is 2.52. The van der Waals surface area contributed by atoms with E-state index in [9.17, 15) is 4.79 Å². The number of allylic oxidation sites excluding steroid dienone is 2. The lowest BCUT2D eigenvalue weighted by molar-refractivity contribution is -0.110. The van der Waals surface area contributed by atoms with Gasteiger partial charge in [0.15, 0.2) is 5.78 Å². The summed E-state index contributed by atoms with van der Waals surface area (Å²) in [5.74, 6) is 0.0455. The van der Waals surface area contributed by atoms with Crippen LogP contribution in [0.15, 0.2) is 24.3 Å². The molecule has 2 nitrogen and oxygen atoms in total. The Balaban J connectivity index is 2.65. The quantitative estimate of drug-likeness (QED) is 0.663. The number of carbonyl (C=O) groups is 1. The summed E-state index contributed by atoms with van der Waals surface area (Å²) < 4.78 is 5.40. The van der Waals surface area contributed by atoms with Gasteiger partial charge in [-0.25, -0.2) is 0 Å². The van der Waals surface area contributed by atoms with Crippen LogP contribution in [0.3, 0.4) is 0 Å². The Bertz CT molecular complexity index is 222. The van der Waals surface area contributed by atoms with Gasteiger partial charge < -0.3 is 4.74 Å². The van der Waals surface area contributed by atoms with Crippen LogP contribution in [0.5, 0.6) is 0 Å². The van der Waals surface area contributed by atoms with Crippen LogP contribution in [-0.4, -0.2) is 18.5 Å². The molecule has 1 aliphatic rings. The van der Waals surface area contributed by atoms with Gasteiger partial charge in [0.1, 0.15) is 5.60 Å². The summed E-state index contributed by atoms with van der Waals surface area (Å²) in [7, 11) is 1.68. The molecule has 0 atom stereocenters. The maximum atomic E-state index is 10.9. The van der Waals surface area contributed by atoms with Crippen LogP contribution in [0.4, 0.5) is 0 Å². The average Bonchev–Trinajstić information content (AvgIpc) is 2.18. The molecule has 1 rings (SSSR count). The first-order chi connectivity index (χ1) is 6.22. The Morgan fingerprint density at radius 1 is 1.38 bits per heavy atom. The molecule has 0 aromatic heterocycles. The van der Waals surface area contributed by atoms with E-state index in [-0.39, 0.29) is 11.4 Å². The summed E-state index contributed by atoms with van der Waals surface area (Å²) in [5.41, 5.74) is -0.329. The highest BCUT2D eigenvalue weighted by molar-refractivity contribution is 6.00. The number of unbranched alkanes of at least 4 members (excludes halogenated alkanes) is 1. The molecule has 0 N–H and O–H groups in total. The Kier molecular flexibility index (Phi) is 3.43. The summed E-state index contributed by atoms with van der Waals surface area (Å²) in [4.78, 5) is 10.9.